The Balaban J connectivity index is 2.60. The Hall–Kier alpha value is -1.10. The van der Waals surface area contributed by atoms with Crippen LogP contribution < -0.4 is 0 Å². The third kappa shape index (κ3) is 1.91. The summed E-state index contributed by atoms with van der Waals surface area (Å²) >= 11 is 1.68. The number of imidazole rings is 1. The fraction of sp³-hybridized carbons (Fsp3) is 0.545. The smallest absolute Gasteiger partial charge is 0.190 e. The van der Waals surface area contributed by atoms with E-state index in [1.807, 2.05) is 25.5 Å². The van der Waals surface area contributed by atoms with Gasteiger partial charge in [0, 0.05) is 12.3 Å². The van der Waals surface area contributed by atoms with Crippen LogP contribution in [-0.4, -0.2) is 24.8 Å². The summed E-state index contributed by atoms with van der Waals surface area (Å²) in [6.45, 7) is 8.25. The van der Waals surface area contributed by atoms with Crippen LogP contribution in [0, 0.1) is 13.8 Å². The maximum absolute atomic E-state index is 4.55. The number of aryl methyl sites for hydroxylation is 3. The van der Waals surface area contributed by atoms with Gasteiger partial charge in [-0.2, -0.15) is 0 Å². The van der Waals surface area contributed by atoms with Crippen molar-refractivity contribution in [2.75, 3.05) is 0 Å². The second kappa shape index (κ2) is 4.05. The maximum atomic E-state index is 4.55. The highest BCUT2D eigenvalue weighted by Gasteiger charge is 2.12. The molecule has 0 aliphatic carbocycles. The topological polar surface area (TPSA) is 43.6 Å². The Bertz CT molecular complexity index is 530. The van der Waals surface area contributed by atoms with E-state index in [1.165, 1.54) is 0 Å². The molecule has 0 saturated heterocycles. The predicted octanol–water partition coefficient (Wildman–Crippen LogP) is 2.48. The van der Waals surface area contributed by atoms with E-state index in [9.17, 15) is 0 Å². The van der Waals surface area contributed by atoms with E-state index in [0.717, 1.165) is 27.8 Å². The zero-order valence-corrected chi connectivity index (χ0v) is 11.1. The molecule has 0 saturated carbocycles. The highest BCUT2D eigenvalue weighted by Crippen LogP contribution is 2.23. The van der Waals surface area contributed by atoms with Gasteiger partial charge < -0.3 is 4.57 Å². The van der Waals surface area contributed by atoms with E-state index in [2.05, 4.69) is 28.8 Å². The number of hydrogen-bond acceptors (Lipinski definition) is 4. The number of rotatable bonds is 2. The summed E-state index contributed by atoms with van der Waals surface area (Å²) in [4.78, 5) is 13.5. The molecule has 2 heterocycles. The Morgan fingerprint density at radius 2 is 1.81 bits per heavy atom. The van der Waals surface area contributed by atoms with Crippen LogP contribution >= 0.6 is 11.8 Å². The van der Waals surface area contributed by atoms with Crippen LogP contribution in [0.15, 0.2) is 5.16 Å². The van der Waals surface area contributed by atoms with Crippen molar-refractivity contribution in [3.8, 4) is 0 Å². The second-order valence-electron chi connectivity index (χ2n) is 4.15. The monoisotopic (exact) mass is 236 g/mol. The van der Waals surface area contributed by atoms with Gasteiger partial charge in [-0.15, -0.1) is 0 Å². The minimum atomic E-state index is 0.492. The van der Waals surface area contributed by atoms with Gasteiger partial charge in [0.05, 0.1) is 5.69 Å². The number of fused-ring (bicyclic) bond motifs is 1. The lowest BCUT2D eigenvalue weighted by Gasteiger charge is -2.04. The van der Waals surface area contributed by atoms with Crippen LogP contribution in [0.2, 0.25) is 0 Å². The molecule has 0 spiro atoms. The molecule has 0 atom stereocenters. The first kappa shape index (κ1) is 11.4. The molecule has 16 heavy (non-hydrogen) atoms. The molecule has 0 unspecified atom stereocenters. The quantitative estimate of drug-likeness (QED) is 0.593. The average molecular weight is 236 g/mol. The standard InChI is InChI=1S/C11H16N4S/c1-6(2)16-11-12-7(3)9-10(14-11)15(5)8(4)13-9/h6H,1-5H3. The first-order chi connectivity index (χ1) is 7.49. The maximum Gasteiger partial charge on any atom is 0.190 e. The molecule has 0 N–H and O–H groups in total. The Morgan fingerprint density at radius 3 is 2.44 bits per heavy atom. The van der Waals surface area contributed by atoms with Gasteiger partial charge in [0.2, 0.25) is 0 Å². The molecule has 0 aliphatic rings. The van der Waals surface area contributed by atoms with E-state index in [0.29, 0.717) is 5.25 Å². The van der Waals surface area contributed by atoms with Crippen LogP contribution in [0.25, 0.3) is 11.2 Å². The highest BCUT2D eigenvalue weighted by molar-refractivity contribution is 7.99. The fourth-order valence-corrected chi connectivity index (χ4v) is 2.30. The molecule has 2 rings (SSSR count). The van der Waals surface area contributed by atoms with Crippen molar-refractivity contribution in [3.05, 3.63) is 11.5 Å². The Labute approximate surface area is 99.5 Å². The van der Waals surface area contributed by atoms with Crippen molar-refractivity contribution in [2.24, 2.45) is 7.05 Å². The number of thioether (sulfide) groups is 1. The van der Waals surface area contributed by atoms with Crippen LogP contribution in [0.4, 0.5) is 0 Å². The van der Waals surface area contributed by atoms with Gasteiger partial charge in [-0.1, -0.05) is 25.6 Å². The lowest BCUT2D eigenvalue weighted by Crippen LogP contribution is -1.98. The molecular formula is C11H16N4S. The van der Waals surface area contributed by atoms with Crippen molar-refractivity contribution < 1.29 is 0 Å². The molecule has 0 bridgehead atoms. The van der Waals surface area contributed by atoms with Crippen LogP contribution in [0.3, 0.4) is 0 Å². The minimum absolute atomic E-state index is 0.492. The minimum Gasteiger partial charge on any atom is -0.316 e. The average Bonchev–Trinajstić information content (AvgIpc) is 2.45. The molecular weight excluding hydrogens is 220 g/mol. The van der Waals surface area contributed by atoms with Gasteiger partial charge in [-0.05, 0) is 13.8 Å². The number of hydrogen-bond donors (Lipinski definition) is 0. The largest absolute Gasteiger partial charge is 0.316 e. The normalized spacial score (nSPS) is 11.6. The molecule has 0 radical (unpaired) electrons. The highest BCUT2D eigenvalue weighted by atomic mass is 32.2. The summed E-state index contributed by atoms with van der Waals surface area (Å²) in [7, 11) is 1.99. The Morgan fingerprint density at radius 1 is 1.12 bits per heavy atom. The summed E-state index contributed by atoms with van der Waals surface area (Å²) in [6.07, 6.45) is 0. The van der Waals surface area contributed by atoms with E-state index >= 15 is 0 Å². The third-order valence-corrected chi connectivity index (χ3v) is 3.30. The Kier molecular flexibility index (Phi) is 2.88. The van der Waals surface area contributed by atoms with Gasteiger partial charge in [0.25, 0.3) is 0 Å². The van der Waals surface area contributed by atoms with Crippen LogP contribution in [-0.2, 0) is 7.05 Å². The van der Waals surface area contributed by atoms with Gasteiger partial charge in [0.1, 0.15) is 11.3 Å². The van der Waals surface area contributed by atoms with E-state index < -0.39 is 0 Å². The molecule has 4 nitrogen and oxygen atoms in total. The second-order valence-corrected chi connectivity index (χ2v) is 5.69. The summed E-state index contributed by atoms with van der Waals surface area (Å²) in [6, 6.07) is 0. The SMILES string of the molecule is Cc1nc(SC(C)C)nc2c1nc(C)n2C. The van der Waals surface area contributed by atoms with Crippen molar-refractivity contribution in [1.82, 2.24) is 19.5 Å². The first-order valence-electron chi connectivity index (χ1n) is 5.33. The zero-order valence-electron chi connectivity index (χ0n) is 10.3. The molecule has 5 heteroatoms. The molecule has 2 aromatic heterocycles. The van der Waals surface area contributed by atoms with Crippen molar-refractivity contribution in [3.63, 3.8) is 0 Å². The summed E-state index contributed by atoms with van der Waals surface area (Å²) in [5.41, 5.74) is 2.79. The van der Waals surface area contributed by atoms with Gasteiger partial charge in [0.15, 0.2) is 10.8 Å². The van der Waals surface area contributed by atoms with Crippen molar-refractivity contribution in [2.45, 2.75) is 38.1 Å². The fourth-order valence-electron chi connectivity index (χ4n) is 1.55. The molecule has 86 valence electrons. The van der Waals surface area contributed by atoms with E-state index in [-0.39, 0.29) is 0 Å². The number of aromatic nitrogens is 4. The van der Waals surface area contributed by atoms with E-state index in [1.54, 1.807) is 11.8 Å². The van der Waals surface area contributed by atoms with Gasteiger partial charge in [-0.25, -0.2) is 15.0 Å². The van der Waals surface area contributed by atoms with E-state index in [4.69, 9.17) is 0 Å². The molecule has 0 aromatic carbocycles. The van der Waals surface area contributed by atoms with Gasteiger partial charge >= 0.3 is 0 Å². The number of nitrogens with zero attached hydrogens (tertiary/aromatic N) is 4. The zero-order chi connectivity index (χ0) is 11.9. The summed E-state index contributed by atoms with van der Waals surface area (Å²) in [5, 5.41) is 1.33. The lowest BCUT2D eigenvalue weighted by atomic mass is 10.4. The predicted molar refractivity (Wildman–Crippen MR) is 66.8 cm³/mol. The van der Waals surface area contributed by atoms with Crippen LogP contribution in [0.1, 0.15) is 25.4 Å². The summed E-state index contributed by atoms with van der Waals surface area (Å²) < 4.78 is 2.01. The molecule has 0 fully saturated rings. The van der Waals surface area contributed by atoms with Gasteiger partial charge in [-0.3, -0.25) is 0 Å². The molecule has 0 aliphatic heterocycles. The summed E-state index contributed by atoms with van der Waals surface area (Å²) in [5.74, 6) is 0.971. The van der Waals surface area contributed by atoms with Crippen LogP contribution in [0.5, 0.6) is 0 Å². The van der Waals surface area contributed by atoms with Crippen molar-refractivity contribution in [1.29, 1.82) is 0 Å². The first-order valence-corrected chi connectivity index (χ1v) is 6.21. The lowest BCUT2D eigenvalue weighted by molar-refractivity contribution is 0.855. The molecule has 2 aromatic rings. The third-order valence-electron chi connectivity index (χ3n) is 2.44. The van der Waals surface area contributed by atoms with Crippen molar-refractivity contribution >= 4 is 22.9 Å². The molecule has 0 amide bonds.